The second-order valence-corrected chi connectivity index (χ2v) is 7.60. The molecule has 0 saturated heterocycles. The van der Waals surface area contributed by atoms with E-state index >= 15 is 0 Å². The van der Waals surface area contributed by atoms with Gasteiger partial charge in [-0.25, -0.2) is 4.98 Å². The summed E-state index contributed by atoms with van der Waals surface area (Å²) in [5, 5.41) is 8.08. The molecule has 0 aliphatic rings. The van der Waals surface area contributed by atoms with Gasteiger partial charge in [0.15, 0.2) is 0 Å². The molecule has 1 atom stereocenters. The summed E-state index contributed by atoms with van der Waals surface area (Å²) in [6.07, 6.45) is 2.26. The fourth-order valence-electron chi connectivity index (χ4n) is 2.49. The van der Waals surface area contributed by atoms with Gasteiger partial charge in [-0.15, -0.1) is 22.7 Å². The van der Waals surface area contributed by atoms with Gasteiger partial charge in [0.05, 0.1) is 17.0 Å². The van der Waals surface area contributed by atoms with Crippen molar-refractivity contribution in [2.24, 2.45) is 0 Å². The lowest BCUT2D eigenvalue weighted by molar-refractivity contribution is -0.121. The molecule has 2 heterocycles. The second kappa shape index (κ2) is 8.22. The van der Waals surface area contributed by atoms with E-state index in [1.807, 2.05) is 35.0 Å². The normalized spacial score (nSPS) is 12.0. The summed E-state index contributed by atoms with van der Waals surface area (Å²) < 4.78 is 0. The number of aryl methyl sites for hydroxylation is 1. The summed E-state index contributed by atoms with van der Waals surface area (Å²) >= 11 is 3.27. The Hall–Kier alpha value is -1.98. The van der Waals surface area contributed by atoms with Gasteiger partial charge < -0.3 is 5.32 Å². The molecule has 5 heteroatoms. The van der Waals surface area contributed by atoms with Crippen LogP contribution in [0.1, 0.15) is 24.6 Å². The summed E-state index contributed by atoms with van der Waals surface area (Å²) in [6, 6.07) is 14.6. The Bertz CT molecular complexity index is 766. The number of amides is 1. The molecule has 124 valence electrons. The number of hydrogen-bond acceptors (Lipinski definition) is 4. The zero-order valence-electron chi connectivity index (χ0n) is 13.6. The van der Waals surface area contributed by atoms with Gasteiger partial charge in [-0.1, -0.05) is 36.4 Å². The number of aromatic nitrogens is 1. The molecule has 1 N–H and O–H groups in total. The lowest BCUT2D eigenvalue weighted by Gasteiger charge is -2.13. The number of benzene rings is 1. The van der Waals surface area contributed by atoms with Crippen molar-refractivity contribution in [3.8, 4) is 9.88 Å². The summed E-state index contributed by atoms with van der Waals surface area (Å²) in [5.41, 5.74) is 2.15. The SMILES string of the molecule is C[C@H](CCc1ccccc1)NC(=O)Cc1csc(-c2cccs2)n1. The number of nitrogens with zero attached hydrogens (tertiary/aromatic N) is 1. The van der Waals surface area contributed by atoms with Gasteiger partial charge in [0.1, 0.15) is 5.01 Å². The third-order valence-corrected chi connectivity index (χ3v) is 5.67. The number of rotatable bonds is 7. The first-order valence-electron chi connectivity index (χ1n) is 8.02. The molecule has 0 aliphatic carbocycles. The highest BCUT2D eigenvalue weighted by Gasteiger charge is 2.12. The summed E-state index contributed by atoms with van der Waals surface area (Å²) in [5.74, 6) is 0.0404. The van der Waals surface area contributed by atoms with Crippen LogP contribution in [0.2, 0.25) is 0 Å². The van der Waals surface area contributed by atoms with Crippen LogP contribution >= 0.6 is 22.7 Å². The summed E-state index contributed by atoms with van der Waals surface area (Å²) in [7, 11) is 0. The summed E-state index contributed by atoms with van der Waals surface area (Å²) in [4.78, 5) is 17.9. The molecule has 1 amide bonds. The van der Waals surface area contributed by atoms with Gasteiger partial charge in [0, 0.05) is 11.4 Å². The van der Waals surface area contributed by atoms with Crippen LogP contribution in [0.25, 0.3) is 9.88 Å². The van der Waals surface area contributed by atoms with E-state index in [-0.39, 0.29) is 11.9 Å². The minimum Gasteiger partial charge on any atom is -0.353 e. The van der Waals surface area contributed by atoms with Crippen molar-refractivity contribution in [3.63, 3.8) is 0 Å². The third-order valence-electron chi connectivity index (χ3n) is 3.74. The first kappa shape index (κ1) is 16.9. The predicted octanol–water partition coefficient (Wildman–Crippen LogP) is 4.55. The molecule has 3 nitrogen and oxygen atoms in total. The van der Waals surface area contributed by atoms with E-state index in [9.17, 15) is 4.79 Å². The lowest BCUT2D eigenvalue weighted by Crippen LogP contribution is -2.34. The minimum absolute atomic E-state index is 0.0404. The van der Waals surface area contributed by atoms with Crippen LogP contribution in [-0.2, 0) is 17.6 Å². The molecule has 0 spiro atoms. The number of thiazole rings is 1. The van der Waals surface area contributed by atoms with E-state index in [1.54, 1.807) is 22.7 Å². The molecule has 3 aromatic rings. The van der Waals surface area contributed by atoms with Crippen molar-refractivity contribution >= 4 is 28.6 Å². The molecule has 3 rings (SSSR count). The van der Waals surface area contributed by atoms with Crippen LogP contribution in [-0.4, -0.2) is 16.9 Å². The minimum atomic E-state index is 0.0404. The second-order valence-electron chi connectivity index (χ2n) is 5.79. The Balaban J connectivity index is 1.47. The molecule has 2 aromatic heterocycles. The van der Waals surface area contributed by atoms with E-state index in [1.165, 1.54) is 5.56 Å². The number of carbonyl (C=O) groups excluding carboxylic acids is 1. The quantitative estimate of drug-likeness (QED) is 0.675. The summed E-state index contributed by atoms with van der Waals surface area (Å²) in [6.45, 7) is 2.05. The van der Waals surface area contributed by atoms with Crippen LogP contribution in [0.4, 0.5) is 0 Å². The standard InChI is InChI=1S/C19H20N2OS2/c1-14(9-10-15-6-3-2-4-7-15)20-18(22)12-16-13-24-19(21-16)17-8-5-11-23-17/h2-8,11,13-14H,9-10,12H2,1H3,(H,20,22)/t14-/m1/s1. The van der Waals surface area contributed by atoms with Crippen molar-refractivity contribution in [1.82, 2.24) is 10.3 Å². The van der Waals surface area contributed by atoms with Gasteiger partial charge in [-0.3, -0.25) is 4.79 Å². The molecular weight excluding hydrogens is 336 g/mol. The third kappa shape index (κ3) is 4.76. The monoisotopic (exact) mass is 356 g/mol. The molecule has 0 fully saturated rings. The first-order valence-corrected chi connectivity index (χ1v) is 9.78. The van der Waals surface area contributed by atoms with Gasteiger partial charge in [0.25, 0.3) is 0 Å². The van der Waals surface area contributed by atoms with Crippen molar-refractivity contribution < 1.29 is 4.79 Å². The zero-order chi connectivity index (χ0) is 16.8. The molecular formula is C19H20N2OS2. The van der Waals surface area contributed by atoms with Crippen molar-refractivity contribution in [2.75, 3.05) is 0 Å². The molecule has 24 heavy (non-hydrogen) atoms. The molecule has 0 aliphatic heterocycles. The smallest absolute Gasteiger partial charge is 0.226 e. The van der Waals surface area contributed by atoms with Crippen LogP contribution < -0.4 is 5.32 Å². The Morgan fingerprint density at radius 2 is 2.00 bits per heavy atom. The highest BCUT2D eigenvalue weighted by molar-refractivity contribution is 7.20. The Labute approximate surface area is 150 Å². The predicted molar refractivity (Wildman–Crippen MR) is 101 cm³/mol. The highest BCUT2D eigenvalue weighted by Crippen LogP contribution is 2.27. The fraction of sp³-hybridized carbons (Fsp3) is 0.263. The Morgan fingerprint density at radius 3 is 2.75 bits per heavy atom. The van der Waals surface area contributed by atoms with Crippen LogP contribution in [0, 0.1) is 0 Å². The zero-order valence-corrected chi connectivity index (χ0v) is 15.2. The van der Waals surface area contributed by atoms with Crippen molar-refractivity contribution in [1.29, 1.82) is 0 Å². The number of hydrogen-bond donors (Lipinski definition) is 1. The van der Waals surface area contributed by atoms with Crippen LogP contribution in [0.3, 0.4) is 0 Å². The fourth-order valence-corrected chi connectivity index (χ4v) is 4.13. The molecule has 1 aromatic carbocycles. The van der Waals surface area contributed by atoms with E-state index in [4.69, 9.17) is 0 Å². The molecule has 0 unspecified atom stereocenters. The van der Waals surface area contributed by atoms with E-state index in [2.05, 4.69) is 35.4 Å². The first-order chi connectivity index (χ1) is 11.7. The topological polar surface area (TPSA) is 42.0 Å². The largest absolute Gasteiger partial charge is 0.353 e. The average molecular weight is 357 g/mol. The van der Waals surface area contributed by atoms with E-state index in [0.717, 1.165) is 28.4 Å². The Kier molecular flexibility index (Phi) is 5.77. The number of carbonyl (C=O) groups is 1. The molecule has 0 bridgehead atoms. The van der Waals surface area contributed by atoms with E-state index < -0.39 is 0 Å². The average Bonchev–Trinajstić information content (AvgIpc) is 3.25. The van der Waals surface area contributed by atoms with Gasteiger partial charge in [-0.2, -0.15) is 0 Å². The molecule has 0 saturated carbocycles. The van der Waals surface area contributed by atoms with E-state index in [0.29, 0.717) is 6.42 Å². The van der Waals surface area contributed by atoms with Gasteiger partial charge in [0.2, 0.25) is 5.91 Å². The Morgan fingerprint density at radius 1 is 1.17 bits per heavy atom. The maximum absolute atomic E-state index is 12.2. The highest BCUT2D eigenvalue weighted by atomic mass is 32.1. The van der Waals surface area contributed by atoms with Gasteiger partial charge in [-0.05, 0) is 36.8 Å². The number of thiophene rings is 1. The molecule has 0 radical (unpaired) electrons. The van der Waals surface area contributed by atoms with Crippen molar-refractivity contribution in [2.45, 2.75) is 32.2 Å². The number of nitrogens with one attached hydrogen (secondary N) is 1. The van der Waals surface area contributed by atoms with Crippen molar-refractivity contribution in [3.05, 3.63) is 64.5 Å². The lowest BCUT2D eigenvalue weighted by atomic mass is 10.1. The van der Waals surface area contributed by atoms with Crippen LogP contribution in [0.5, 0.6) is 0 Å². The maximum atomic E-state index is 12.2. The van der Waals surface area contributed by atoms with Gasteiger partial charge >= 0.3 is 0 Å². The maximum Gasteiger partial charge on any atom is 0.226 e. The van der Waals surface area contributed by atoms with Crippen LogP contribution in [0.15, 0.2) is 53.2 Å².